The third-order valence-electron chi connectivity index (χ3n) is 10.7. The van der Waals surface area contributed by atoms with Gasteiger partial charge < -0.3 is 5.11 Å². The average molecular weight is 413 g/mol. The summed E-state index contributed by atoms with van der Waals surface area (Å²) in [6, 6.07) is 0. The van der Waals surface area contributed by atoms with Crippen LogP contribution in [-0.4, -0.2) is 16.5 Å². The zero-order valence-electron chi connectivity index (χ0n) is 20.2. The van der Waals surface area contributed by atoms with Crippen molar-refractivity contribution in [2.24, 2.45) is 46.3 Å². The summed E-state index contributed by atoms with van der Waals surface area (Å²) < 4.78 is 0. The molecule has 0 aliphatic heterocycles. The second-order valence-corrected chi connectivity index (χ2v) is 12.3. The van der Waals surface area contributed by atoms with Gasteiger partial charge in [-0.3, -0.25) is 4.79 Å². The van der Waals surface area contributed by atoms with Crippen molar-refractivity contribution in [1.82, 2.24) is 0 Å². The van der Waals surface area contributed by atoms with Gasteiger partial charge in [-0.05, 0) is 96.5 Å². The van der Waals surface area contributed by atoms with E-state index in [0.29, 0.717) is 41.8 Å². The van der Waals surface area contributed by atoms with Gasteiger partial charge in [-0.2, -0.15) is 0 Å². The molecule has 8 unspecified atom stereocenters. The first-order valence-electron chi connectivity index (χ1n) is 12.7. The van der Waals surface area contributed by atoms with Crippen LogP contribution in [0.4, 0.5) is 0 Å². The quantitative estimate of drug-likeness (QED) is 0.543. The molecule has 0 heterocycles. The van der Waals surface area contributed by atoms with E-state index in [-0.39, 0.29) is 10.8 Å². The van der Waals surface area contributed by atoms with Crippen molar-refractivity contribution in [2.75, 3.05) is 0 Å². The number of allylic oxidation sites excluding steroid dienone is 4. The second kappa shape index (κ2) is 7.61. The van der Waals surface area contributed by atoms with E-state index in [1.165, 1.54) is 18.4 Å². The number of rotatable bonds is 5. The molecule has 4 aliphatic rings. The zero-order valence-corrected chi connectivity index (χ0v) is 20.2. The molecule has 0 spiro atoms. The van der Waals surface area contributed by atoms with Crippen molar-refractivity contribution in [1.29, 1.82) is 0 Å². The van der Waals surface area contributed by atoms with Gasteiger partial charge in [0.2, 0.25) is 0 Å². The Morgan fingerprint density at radius 1 is 1.03 bits per heavy atom. The smallest absolute Gasteiger partial charge is 0.156 e. The Kier molecular flexibility index (Phi) is 5.66. The Balaban J connectivity index is 1.57. The van der Waals surface area contributed by atoms with Crippen LogP contribution in [0, 0.1) is 46.3 Å². The first-order chi connectivity index (χ1) is 14.0. The lowest BCUT2D eigenvalue weighted by Crippen LogP contribution is -2.56. The molecule has 0 aromatic carbocycles. The molecule has 8 atom stereocenters. The van der Waals surface area contributed by atoms with Gasteiger partial charge in [0.15, 0.2) is 5.78 Å². The summed E-state index contributed by atoms with van der Waals surface area (Å²) in [5.74, 6) is 3.83. The van der Waals surface area contributed by atoms with E-state index in [0.717, 1.165) is 38.0 Å². The van der Waals surface area contributed by atoms with Crippen LogP contribution in [-0.2, 0) is 4.79 Å². The first-order valence-corrected chi connectivity index (χ1v) is 12.7. The van der Waals surface area contributed by atoms with Crippen LogP contribution < -0.4 is 0 Å². The van der Waals surface area contributed by atoms with Gasteiger partial charge in [-0.25, -0.2) is 0 Å². The molecule has 2 saturated carbocycles. The molecular formula is C28H44O2. The van der Waals surface area contributed by atoms with Crippen molar-refractivity contribution in [2.45, 2.75) is 98.5 Å². The predicted molar refractivity (Wildman–Crippen MR) is 124 cm³/mol. The lowest BCUT2D eigenvalue weighted by atomic mass is 9.47. The molecule has 0 amide bonds. The van der Waals surface area contributed by atoms with Crippen molar-refractivity contribution in [3.8, 4) is 0 Å². The van der Waals surface area contributed by atoms with Gasteiger partial charge in [0.1, 0.15) is 0 Å². The molecule has 4 rings (SSSR count). The minimum atomic E-state index is -0.535. The minimum Gasteiger partial charge on any atom is -0.389 e. The predicted octanol–water partition coefficient (Wildman–Crippen LogP) is 6.73. The molecule has 4 aliphatic carbocycles. The average Bonchev–Trinajstić information content (AvgIpc) is 2.98. The zero-order chi connectivity index (χ0) is 21.9. The molecular weight excluding hydrogens is 368 g/mol. The molecule has 0 aromatic rings. The molecule has 0 saturated heterocycles. The standard InChI is InChI=1S/C28H44O2/c1-18(2)19(3)7-8-20(4)28(30)16-13-25-23-10-9-21-17-22(29)11-14-26(21,5)24(23)12-15-27(25,28)6/h9-10,17-20,23-25,30H,7-8,11-16H2,1-6H3. The van der Waals surface area contributed by atoms with Crippen molar-refractivity contribution >= 4 is 5.78 Å². The summed E-state index contributed by atoms with van der Waals surface area (Å²) in [5, 5.41) is 12.1. The van der Waals surface area contributed by atoms with Crippen LogP contribution in [0.15, 0.2) is 23.8 Å². The summed E-state index contributed by atoms with van der Waals surface area (Å²) in [7, 11) is 0. The maximum atomic E-state index is 12.1. The monoisotopic (exact) mass is 412 g/mol. The maximum Gasteiger partial charge on any atom is 0.156 e. The maximum absolute atomic E-state index is 12.1. The highest BCUT2D eigenvalue weighted by molar-refractivity contribution is 5.92. The van der Waals surface area contributed by atoms with E-state index < -0.39 is 5.60 Å². The van der Waals surface area contributed by atoms with E-state index in [1.807, 2.05) is 6.08 Å². The lowest BCUT2D eigenvalue weighted by Gasteiger charge is -2.58. The topological polar surface area (TPSA) is 37.3 Å². The molecule has 168 valence electrons. The van der Waals surface area contributed by atoms with Gasteiger partial charge in [-0.15, -0.1) is 0 Å². The van der Waals surface area contributed by atoms with Gasteiger partial charge >= 0.3 is 0 Å². The fourth-order valence-electron chi connectivity index (χ4n) is 7.94. The largest absolute Gasteiger partial charge is 0.389 e. The van der Waals surface area contributed by atoms with Crippen LogP contribution in [0.2, 0.25) is 0 Å². The molecule has 0 aromatic heterocycles. The number of carbonyl (C=O) groups excluding carboxylic acids is 1. The summed E-state index contributed by atoms with van der Waals surface area (Å²) in [4.78, 5) is 12.0. The molecule has 30 heavy (non-hydrogen) atoms. The number of aliphatic hydroxyl groups is 1. The molecule has 2 heteroatoms. The van der Waals surface area contributed by atoms with Crippen LogP contribution >= 0.6 is 0 Å². The molecule has 2 nitrogen and oxygen atoms in total. The molecule has 0 radical (unpaired) electrons. The third kappa shape index (κ3) is 3.19. The Labute approximate surface area is 184 Å². The van der Waals surface area contributed by atoms with Crippen molar-refractivity contribution in [3.05, 3.63) is 23.8 Å². The molecule has 0 bridgehead atoms. The number of carbonyl (C=O) groups is 1. The summed E-state index contributed by atoms with van der Waals surface area (Å²) >= 11 is 0. The number of hydrogen-bond acceptors (Lipinski definition) is 2. The highest BCUT2D eigenvalue weighted by atomic mass is 16.3. The van der Waals surface area contributed by atoms with Crippen molar-refractivity contribution < 1.29 is 9.90 Å². The lowest BCUT2D eigenvalue weighted by molar-refractivity contribution is -0.143. The SMILES string of the molecule is CC(C)C(C)CCC(C)C1(O)CCC2C3C=CC4=CC(=O)CCC4(C)C3CCC21C. The summed E-state index contributed by atoms with van der Waals surface area (Å²) in [6.45, 7) is 14.1. The molecule has 2 fully saturated rings. The Hall–Kier alpha value is -0.890. The fraction of sp³-hybridized carbons (Fsp3) is 0.821. The Morgan fingerprint density at radius 3 is 2.43 bits per heavy atom. The highest BCUT2D eigenvalue weighted by Crippen LogP contribution is 2.67. The third-order valence-corrected chi connectivity index (χ3v) is 10.7. The summed E-state index contributed by atoms with van der Waals surface area (Å²) in [6.07, 6.45) is 15.1. The van der Waals surface area contributed by atoms with Crippen LogP contribution in [0.1, 0.15) is 92.9 Å². The van der Waals surface area contributed by atoms with E-state index >= 15 is 0 Å². The minimum absolute atomic E-state index is 0.0149. The van der Waals surface area contributed by atoms with Gasteiger partial charge in [0.05, 0.1) is 5.60 Å². The number of hydrogen-bond donors (Lipinski definition) is 1. The number of fused-ring (bicyclic) bond motifs is 5. The van der Waals surface area contributed by atoms with Gasteiger partial charge in [0.25, 0.3) is 0 Å². The Bertz CT molecular complexity index is 748. The van der Waals surface area contributed by atoms with Crippen molar-refractivity contribution in [3.63, 3.8) is 0 Å². The normalized spacial score (nSPS) is 44.9. The van der Waals surface area contributed by atoms with Gasteiger partial charge in [-0.1, -0.05) is 60.1 Å². The van der Waals surface area contributed by atoms with Crippen LogP contribution in [0.3, 0.4) is 0 Å². The van der Waals surface area contributed by atoms with Crippen LogP contribution in [0.25, 0.3) is 0 Å². The first kappa shape index (κ1) is 22.3. The fourth-order valence-corrected chi connectivity index (χ4v) is 7.94. The van der Waals surface area contributed by atoms with Crippen LogP contribution in [0.5, 0.6) is 0 Å². The number of ketones is 1. The van der Waals surface area contributed by atoms with E-state index in [9.17, 15) is 9.90 Å². The highest BCUT2D eigenvalue weighted by Gasteiger charge is 2.64. The Morgan fingerprint density at radius 2 is 1.73 bits per heavy atom. The van der Waals surface area contributed by atoms with E-state index in [4.69, 9.17) is 0 Å². The second-order valence-electron chi connectivity index (χ2n) is 12.3. The molecule has 1 N–H and O–H groups in total. The van der Waals surface area contributed by atoms with E-state index in [1.54, 1.807) is 0 Å². The van der Waals surface area contributed by atoms with Gasteiger partial charge in [0, 0.05) is 6.42 Å². The summed E-state index contributed by atoms with van der Waals surface area (Å²) in [5.41, 5.74) is 0.898. The van der Waals surface area contributed by atoms with E-state index in [2.05, 4.69) is 53.7 Å².